The number of aromatic hydroxyl groups is 1. The SMILES string of the molecule is C=C(Cl)/C=C(/N)c1cncc(O)c1C. The molecule has 0 bridgehead atoms. The van der Waals surface area contributed by atoms with Gasteiger partial charge in [0.2, 0.25) is 0 Å². The molecule has 3 nitrogen and oxygen atoms in total. The van der Waals surface area contributed by atoms with Crippen molar-refractivity contribution in [1.29, 1.82) is 0 Å². The third-order valence-electron chi connectivity index (χ3n) is 1.81. The van der Waals surface area contributed by atoms with Crippen LogP contribution in [0.5, 0.6) is 5.75 Å². The molecule has 0 aliphatic heterocycles. The molecule has 0 spiro atoms. The first-order valence-corrected chi connectivity index (χ1v) is 4.35. The van der Waals surface area contributed by atoms with Crippen LogP contribution in [-0.4, -0.2) is 10.1 Å². The average molecular weight is 211 g/mol. The van der Waals surface area contributed by atoms with Crippen LogP contribution in [0.25, 0.3) is 5.70 Å². The Bertz CT molecular complexity index is 399. The molecule has 0 fully saturated rings. The van der Waals surface area contributed by atoms with Crippen molar-refractivity contribution in [2.45, 2.75) is 6.92 Å². The Labute approximate surface area is 87.5 Å². The molecule has 0 aliphatic carbocycles. The van der Waals surface area contributed by atoms with Crippen molar-refractivity contribution in [3.63, 3.8) is 0 Å². The number of aromatic nitrogens is 1. The van der Waals surface area contributed by atoms with E-state index in [2.05, 4.69) is 11.6 Å². The normalized spacial score (nSPS) is 11.4. The van der Waals surface area contributed by atoms with E-state index in [4.69, 9.17) is 17.3 Å². The molecule has 0 atom stereocenters. The molecule has 1 aromatic rings. The molecule has 0 radical (unpaired) electrons. The van der Waals surface area contributed by atoms with E-state index in [-0.39, 0.29) is 5.75 Å². The summed E-state index contributed by atoms with van der Waals surface area (Å²) in [5.41, 5.74) is 7.50. The average Bonchev–Trinajstić information content (AvgIpc) is 2.08. The van der Waals surface area contributed by atoms with Gasteiger partial charge in [0, 0.05) is 28.1 Å². The van der Waals surface area contributed by atoms with Crippen LogP contribution in [0.3, 0.4) is 0 Å². The lowest BCUT2D eigenvalue weighted by atomic mass is 10.1. The summed E-state index contributed by atoms with van der Waals surface area (Å²) in [5, 5.41) is 9.72. The van der Waals surface area contributed by atoms with Gasteiger partial charge in [0.25, 0.3) is 0 Å². The first-order chi connectivity index (χ1) is 6.52. The first kappa shape index (κ1) is 10.6. The molecule has 0 saturated carbocycles. The van der Waals surface area contributed by atoms with Crippen molar-refractivity contribution in [1.82, 2.24) is 4.98 Å². The summed E-state index contributed by atoms with van der Waals surface area (Å²) < 4.78 is 0. The van der Waals surface area contributed by atoms with E-state index in [0.29, 0.717) is 21.9 Å². The van der Waals surface area contributed by atoms with Crippen LogP contribution < -0.4 is 5.73 Å². The van der Waals surface area contributed by atoms with E-state index in [1.807, 2.05) is 0 Å². The molecule has 0 aliphatic rings. The lowest BCUT2D eigenvalue weighted by molar-refractivity contribution is 0.468. The number of hydrogen-bond donors (Lipinski definition) is 2. The molecule has 0 unspecified atom stereocenters. The topological polar surface area (TPSA) is 59.1 Å². The first-order valence-electron chi connectivity index (χ1n) is 3.98. The molecule has 0 amide bonds. The van der Waals surface area contributed by atoms with Crippen LogP contribution in [0, 0.1) is 6.92 Å². The number of rotatable bonds is 2. The summed E-state index contributed by atoms with van der Waals surface area (Å²) >= 11 is 5.58. The lowest BCUT2D eigenvalue weighted by Gasteiger charge is -2.06. The zero-order valence-electron chi connectivity index (χ0n) is 7.79. The van der Waals surface area contributed by atoms with Crippen LogP contribution in [0.4, 0.5) is 0 Å². The fraction of sp³-hybridized carbons (Fsp3) is 0.100. The molecule has 74 valence electrons. The second-order valence-corrected chi connectivity index (χ2v) is 3.36. The van der Waals surface area contributed by atoms with Gasteiger partial charge in [0.1, 0.15) is 5.75 Å². The lowest BCUT2D eigenvalue weighted by Crippen LogP contribution is -1.99. The highest BCUT2D eigenvalue weighted by atomic mass is 35.5. The fourth-order valence-electron chi connectivity index (χ4n) is 1.05. The molecule has 1 aromatic heterocycles. The van der Waals surface area contributed by atoms with E-state index in [1.54, 1.807) is 13.1 Å². The number of nitrogens with two attached hydrogens (primary N) is 1. The minimum absolute atomic E-state index is 0.110. The number of nitrogens with zero attached hydrogens (tertiary/aromatic N) is 1. The maximum Gasteiger partial charge on any atom is 0.137 e. The Kier molecular flexibility index (Phi) is 3.14. The van der Waals surface area contributed by atoms with Crippen molar-refractivity contribution in [3.05, 3.63) is 41.2 Å². The summed E-state index contributed by atoms with van der Waals surface area (Å²) in [6.07, 6.45) is 4.45. The molecule has 4 heteroatoms. The molecular formula is C10H11ClN2O. The van der Waals surface area contributed by atoms with Gasteiger partial charge in [-0.15, -0.1) is 0 Å². The van der Waals surface area contributed by atoms with Crippen LogP contribution in [0.2, 0.25) is 0 Å². The van der Waals surface area contributed by atoms with E-state index in [1.165, 1.54) is 12.3 Å². The summed E-state index contributed by atoms with van der Waals surface area (Å²) in [7, 11) is 0. The van der Waals surface area contributed by atoms with Crippen molar-refractivity contribution < 1.29 is 5.11 Å². The van der Waals surface area contributed by atoms with E-state index >= 15 is 0 Å². The molecule has 1 rings (SSSR count). The van der Waals surface area contributed by atoms with Gasteiger partial charge in [0.15, 0.2) is 0 Å². The van der Waals surface area contributed by atoms with E-state index < -0.39 is 0 Å². The van der Waals surface area contributed by atoms with Crippen LogP contribution in [0.1, 0.15) is 11.1 Å². The van der Waals surface area contributed by atoms with Crippen LogP contribution in [-0.2, 0) is 0 Å². The largest absolute Gasteiger partial charge is 0.506 e. The van der Waals surface area contributed by atoms with Gasteiger partial charge >= 0.3 is 0 Å². The molecule has 0 aromatic carbocycles. The smallest absolute Gasteiger partial charge is 0.137 e. The summed E-state index contributed by atoms with van der Waals surface area (Å²) in [5.74, 6) is 0.110. The second kappa shape index (κ2) is 4.15. The predicted molar refractivity (Wildman–Crippen MR) is 57.8 cm³/mol. The summed E-state index contributed by atoms with van der Waals surface area (Å²) in [6, 6.07) is 0. The zero-order valence-corrected chi connectivity index (χ0v) is 8.54. The molecule has 0 saturated heterocycles. The molecule has 14 heavy (non-hydrogen) atoms. The number of hydrogen-bond acceptors (Lipinski definition) is 3. The molecule has 1 heterocycles. The molecule has 3 N–H and O–H groups in total. The number of pyridine rings is 1. The van der Waals surface area contributed by atoms with Gasteiger partial charge in [-0.2, -0.15) is 0 Å². The Balaban J connectivity index is 3.20. The van der Waals surface area contributed by atoms with Gasteiger partial charge in [0.05, 0.1) is 6.20 Å². The number of halogens is 1. The summed E-state index contributed by atoms with van der Waals surface area (Å²) in [6.45, 7) is 5.25. The summed E-state index contributed by atoms with van der Waals surface area (Å²) in [4.78, 5) is 3.83. The van der Waals surface area contributed by atoms with Gasteiger partial charge in [-0.05, 0) is 13.0 Å². The predicted octanol–water partition coefficient (Wildman–Crippen LogP) is 2.15. The van der Waals surface area contributed by atoms with Gasteiger partial charge < -0.3 is 10.8 Å². The maximum absolute atomic E-state index is 9.38. The highest BCUT2D eigenvalue weighted by Gasteiger charge is 2.05. The van der Waals surface area contributed by atoms with Crippen molar-refractivity contribution in [2.24, 2.45) is 5.73 Å². The number of allylic oxidation sites excluding steroid dienone is 2. The van der Waals surface area contributed by atoms with E-state index in [9.17, 15) is 5.11 Å². The zero-order chi connectivity index (χ0) is 10.7. The molecular weight excluding hydrogens is 200 g/mol. The minimum atomic E-state index is 0.110. The Hall–Kier alpha value is -1.48. The van der Waals surface area contributed by atoms with Crippen molar-refractivity contribution in [3.8, 4) is 5.75 Å². The standard InChI is InChI=1S/C10H11ClN2O/c1-6(11)3-9(12)8-4-13-5-10(14)7(8)2/h3-5,14H,1,12H2,2H3/b9-3+. The highest BCUT2D eigenvalue weighted by Crippen LogP contribution is 2.22. The van der Waals surface area contributed by atoms with Crippen molar-refractivity contribution in [2.75, 3.05) is 0 Å². The monoisotopic (exact) mass is 210 g/mol. The Morgan fingerprint density at radius 2 is 2.29 bits per heavy atom. The van der Waals surface area contributed by atoms with Crippen LogP contribution in [0.15, 0.2) is 30.1 Å². The third-order valence-corrected chi connectivity index (χ3v) is 1.92. The Morgan fingerprint density at radius 3 is 2.86 bits per heavy atom. The Morgan fingerprint density at radius 1 is 1.64 bits per heavy atom. The maximum atomic E-state index is 9.38. The quantitative estimate of drug-likeness (QED) is 0.736. The minimum Gasteiger partial charge on any atom is -0.506 e. The highest BCUT2D eigenvalue weighted by molar-refractivity contribution is 6.31. The van der Waals surface area contributed by atoms with E-state index in [0.717, 1.165) is 0 Å². The fourth-order valence-corrected chi connectivity index (χ4v) is 1.17. The van der Waals surface area contributed by atoms with Gasteiger partial charge in [-0.3, -0.25) is 4.98 Å². The van der Waals surface area contributed by atoms with Gasteiger partial charge in [-0.25, -0.2) is 0 Å². The van der Waals surface area contributed by atoms with Crippen molar-refractivity contribution >= 4 is 17.3 Å². The van der Waals surface area contributed by atoms with Gasteiger partial charge in [-0.1, -0.05) is 18.2 Å². The van der Waals surface area contributed by atoms with Crippen LogP contribution >= 0.6 is 11.6 Å². The third kappa shape index (κ3) is 2.26. The second-order valence-electron chi connectivity index (χ2n) is 2.88.